The molecule has 4 heteroatoms. The van der Waals surface area contributed by atoms with E-state index < -0.39 is 5.97 Å². The lowest BCUT2D eigenvalue weighted by molar-refractivity contribution is 0.0695. The van der Waals surface area contributed by atoms with Crippen LogP contribution in [0.25, 0.3) is 0 Å². The fourth-order valence-corrected chi connectivity index (χ4v) is 2.31. The summed E-state index contributed by atoms with van der Waals surface area (Å²) in [5.41, 5.74) is 0.760. The molecule has 0 bridgehead atoms. The summed E-state index contributed by atoms with van der Waals surface area (Å²) in [7, 11) is 0. The Morgan fingerprint density at radius 3 is 2.65 bits per heavy atom. The molecule has 1 aromatic carbocycles. The molecule has 0 aliphatic carbocycles. The molecule has 17 heavy (non-hydrogen) atoms. The average molecular weight is 235 g/mol. The summed E-state index contributed by atoms with van der Waals surface area (Å²) in [4.78, 5) is 13.3. The zero-order valence-corrected chi connectivity index (χ0v) is 9.72. The van der Waals surface area contributed by atoms with Gasteiger partial charge in [-0.05, 0) is 44.5 Å². The number of hydrogen-bond donors (Lipinski definition) is 2. The Morgan fingerprint density at radius 1 is 1.29 bits per heavy atom. The number of carboxylic acid groups (broad SMARTS) is 1. The largest absolute Gasteiger partial charge is 0.508 e. The summed E-state index contributed by atoms with van der Waals surface area (Å²) in [6.07, 6.45) is 3.02. The Balaban J connectivity index is 2.10. The van der Waals surface area contributed by atoms with E-state index in [0.717, 1.165) is 19.6 Å². The molecule has 92 valence electrons. The van der Waals surface area contributed by atoms with Crippen LogP contribution in [-0.2, 0) is 6.42 Å². The van der Waals surface area contributed by atoms with E-state index in [1.165, 1.54) is 12.8 Å². The molecule has 0 unspecified atom stereocenters. The minimum absolute atomic E-state index is 0.0871. The number of benzene rings is 1. The third-order valence-corrected chi connectivity index (χ3v) is 3.26. The molecule has 1 aliphatic rings. The van der Waals surface area contributed by atoms with Crippen LogP contribution in [0.15, 0.2) is 18.2 Å². The van der Waals surface area contributed by atoms with E-state index in [0.29, 0.717) is 12.0 Å². The van der Waals surface area contributed by atoms with Crippen molar-refractivity contribution in [1.29, 1.82) is 0 Å². The first kappa shape index (κ1) is 11.9. The molecule has 0 amide bonds. The van der Waals surface area contributed by atoms with Gasteiger partial charge in [0.15, 0.2) is 0 Å². The zero-order valence-electron chi connectivity index (χ0n) is 9.72. The molecule has 0 aromatic heterocycles. The van der Waals surface area contributed by atoms with Gasteiger partial charge in [-0.3, -0.25) is 0 Å². The van der Waals surface area contributed by atoms with Gasteiger partial charge in [-0.1, -0.05) is 6.07 Å². The number of aromatic carboxylic acids is 1. The molecule has 1 aliphatic heterocycles. The predicted molar refractivity (Wildman–Crippen MR) is 64.4 cm³/mol. The molecular formula is C13H17NO3. The Bertz CT molecular complexity index is 411. The Labute approximate surface area is 100 Å². The highest BCUT2D eigenvalue weighted by molar-refractivity contribution is 5.90. The number of rotatable bonds is 4. The Kier molecular flexibility index (Phi) is 3.64. The zero-order chi connectivity index (χ0) is 12.3. The van der Waals surface area contributed by atoms with Crippen molar-refractivity contribution < 1.29 is 15.0 Å². The van der Waals surface area contributed by atoms with Gasteiger partial charge in [-0.15, -0.1) is 0 Å². The number of phenolic OH excluding ortho intramolecular Hbond substituents is 1. The minimum atomic E-state index is -0.975. The molecule has 2 N–H and O–H groups in total. The summed E-state index contributed by atoms with van der Waals surface area (Å²) < 4.78 is 0. The Morgan fingerprint density at radius 2 is 2.00 bits per heavy atom. The smallest absolute Gasteiger partial charge is 0.336 e. The quantitative estimate of drug-likeness (QED) is 0.834. The van der Waals surface area contributed by atoms with Crippen molar-refractivity contribution in [1.82, 2.24) is 4.90 Å². The van der Waals surface area contributed by atoms with Crippen LogP contribution >= 0.6 is 0 Å². The molecule has 1 aromatic rings. The second kappa shape index (κ2) is 5.19. The number of likely N-dealkylation sites (tertiary alicyclic amines) is 1. The molecule has 0 saturated carbocycles. The van der Waals surface area contributed by atoms with Crippen LogP contribution in [0.2, 0.25) is 0 Å². The standard InChI is InChI=1S/C13H17NO3/c15-12-5-3-4-11(13(16)17)10(12)6-9-14-7-1-2-8-14/h3-5,15H,1-2,6-9H2,(H,16,17). The second-order valence-corrected chi connectivity index (χ2v) is 4.41. The Hall–Kier alpha value is -1.55. The summed E-state index contributed by atoms with van der Waals surface area (Å²) in [5, 5.41) is 18.8. The molecule has 1 fully saturated rings. The third kappa shape index (κ3) is 2.77. The van der Waals surface area contributed by atoms with Gasteiger partial charge in [0.25, 0.3) is 0 Å². The predicted octanol–water partition coefficient (Wildman–Crippen LogP) is 1.73. The second-order valence-electron chi connectivity index (χ2n) is 4.41. The van der Waals surface area contributed by atoms with Crippen molar-refractivity contribution in [3.05, 3.63) is 29.3 Å². The summed E-state index contributed by atoms with van der Waals surface area (Å²) in [6, 6.07) is 4.66. The van der Waals surface area contributed by atoms with E-state index >= 15 is 0 Å². The molecule has 1 heterocycles. The topological polar surface area (TPSA) is 60.8 Å². The number of hydrogen-bond acceptors (Lipinski definition) is 3. The van der Waals surface area contributed by atoms with E-state index in [4.69, 9.17) is 5.11 Å². The van der Waals surface area contributed by atoms with Crippen LogP contribution in [0.3, 0.4) is 0 Å². The van der Waals surface area contributed by atoms with E-state index in [1.54, 1.807) is 18.2 Å². The van der Waals surface area contributed by atoms with Crippen LogP contribution in [0.5, 0.6) is 5.75 Å². The maximum atomic E-state index is 11.0. The van der Waals surface area contributed by atoms with Gasteiger partial charge in [-0.25, -0.2) is 4.79 Å². The molecule has 0 spiro atoms. The first-order valence-electron chi connectivity index (χ1n) is 5.95. The van der Waals surface area contributed by atoms with Crippen LogP contribution in [-0.4, -0.2) is 40.7 Å². The van der Waals surface area contributed by atoms with Gasteiger partial charge in [0.1, 0.15) is 5.75 Å². The van der Waals surface area contributed by atoms with Crippen LogP contribution in [0.4, 0.5) is 0 Å². The van der Waals surface area contributed by atoms with Crippen LogP contribution in [0, 0.1) is 0 Å². The third-order valence-electron chi connectivity index (χ3n) is 3.26. The summed E-state index contributed by atoms with van der Waals surface area (Å²) >= 11 is 0. The lowest BCUT2D eigenvalue weighted by atomic mass is 10.0. The number of phenols is 1. The van der Waals surface area contributed by atoms with Gasteiger partial charge in [0.05, 0.1) is 5.56 Å². The lowest BCUT2D eigenvalue weighted by Gasteiger charge is -2.15. The average Bonchev–Trinajstić information content (AvgIpc) is 2.80. The van der Waals surface area contributed by atoms with E-state index in [2.05, 4.69) is 4.90 Å². The van der Waals surface area contributed by atoms with Crippen LogP contribution in [0.1, 0.15) is 28.8 Å². The SMILES string of the molecule is O=C(O)c1cccc(O)c1CCN1CCCC1. The maximum Gasteiger partial charge on any atom is 0.336 e. The van der Waals surface area contributed by atoms with Crippen molar-refractivity contribution >= 4 is 5.97 Å². The molecule has 0 atom stereocenters. The molecule has 4 nitrogen and oxygen atoms in total. The van der Waals surface area contributed by atoms with E-state index in [-0.39, 0.29) is 11.3 Å². The molecule has 1 saturated heterocycles. The minimum Gasteiger partial charge on any atom is -0.508 e. The monoisotopic (exact) mass is 235 g/mol. The summed E-state index contributed by atoms with van der Waals surface area (Å²) in [6.45, 7) is 2.98. The van der Waals surface area contributed by atoms with Gasteiger partial charge < -0.3 is 15.1 Å². The van der Waals surface area contributed by atoms with Crippen LogP contribution < -0.4 is 0 Å². The highest BCUT2D eigenvalue weighted by Gasteiger charge is 2.16. The first-order valence-corrected chi connectivity index (χ1v) is 5.95. The van der Waals surface area contributed by atoms with Crippen molar-refractivity contribution in [2.45, 2.75) is 19.3 Å². The maximum absolute atomic E-state index is 11.0. The van der Waals surface area contributed by atoms with Crippen molar-refractivity contribution in [2.75, 3.05) is 19.6 Å². The van der Waals surface area contributed by atoms with E-state index in [1.807, 2.05) is 0 Å². The first-order chi connectivity index (χ1) is 8.18. The van der Waals surface area contributed by atoms with Gasteiger partial charge in [0.2, 0.25) is 0 Å². The molecular weight excluding hydrogens is 218 g/mol. The van der Waals surface area contributed by atoms with Crippen molar-refractivity contribution in [3.8, 4) is 5.75 Å². The van der Waals surface area contributed by atoms with Gasteiger partial charge in [0, 0.05) is 12.1 Å². The molecule has 2 rings (SSSR count). The highest BCUT2D eigenvalue weighted by atomic mass is 16.4. The van der Waals surface area contributed by atoms with E-state index in [9.17, 15) is 9.90 Å². The number of aromatic hydroxyl groups is 1. The fourth-order valence-electron chi connectivity index (χ4n) is 2.31. The van der Waals surface area contributed by atoms with Gasteiger partial charge >= 0.3 is 5.97 Å². The fraction of sp³-hybridized carbons (Fsp3) is 0.462. The van der Waals surface area contributed by atoms with Crippen molar-refractivity contribution in [2.24, 2.45) is 0 Å². The summed E-state index contributed by atoms with van der Waals surface area (Å²) in [5.74, 6) is -0.888. The molecule has 0 radical (unpaired) electrons. The normalized spacial score (nSPS) is 16.2. The lowest BCUT2D eigenvalue weighted by Crippen LogP contribution is -2.22. The number of nitrogens with zero attached hydrogens (tertiary/aromatic N) is 1. The van der Waals surface area contributed by atoms with Gasteiger partial charge in [-0.2, -0.15) is 0 Å². The number of carbonyl (C=O) groups is 1. The highest BCUT2D eigenvalue weighted by Crippen LogP contribution is 2.22. The number of carboxylic acids is 1. The van der Waals surface area contributed by atoms with Crippen molar-refractivity contribution in [3.63, 3.8) is 0 Å².